The summed E-state index contributed by atoms with van der Waals surface area (Å²) in [6.07, 6.45) is 0.0532. The van der Waals surface area contributed by atoms with Gasteiger partial charge >= 0.3 is 0 Å². The van der Waals surface area contributed by atoms with Crippen molar-refractivity contribution in [3.8, 4) is 22.6 Å². The molecule has 0 unspecified atom stereocenters. The predicted molar refractivity (Wildman–Crippen MR) is 236 cm³/mol. The van der Waals surface area contributed by atoms with Crippen molar-refractivity contribution >= 4 is 33.2 Å². The molecule has 1 aliphatic rings. The van der Waals surface area contributed by atoms with E-state index in [1.54, 1.807) is 33.1 Å². The fourth-order valence-corrected chi connectivity index (χ4v) is 8.34. The van der Waals surface area contributed by atoms with Crippen LogP contribution in [0.25, 0.3) is 16.8 Å². The number of nitrogens with one attached hydrogen (secondary N) is 2. The Balaban J connectivity index is 0.796. The van der Waals surface area contributed by atoms with Crippen LogP contribution in [-0.4, -0.2) is 126 Å². The predicted octanol–water partition coefficient (Wildman–Crippen LogP) is 5.28. The number of ether oxygens (including phenoxy) is 6. The van der Waals surface area contributed by atoms with Crippen molar-refractivity contribution < 1.29 is 46.2 Å². The van der Waals surface area contributed by atoms with Gasteiger partial charge in [0, 0.05) is 34.8 Å². The number of aryl methyl sites for hydroxylation is 4. The van der Waals surface area contributed by atoms with E-state index in [4.69, 9.17) is 49.5 Å². The Morgan fingerprint density at radius 2 is 1.40 bits per heavy atom. The zero-order valence-corrected chi connectivity index (χ0v) is 37.7. The van der Waals surface area contributed by atoms with Crippen LogP contribution in [0.1, 0.15) is 52.3 Å². The Morgan fingerprint density at radius 3 is 2.02 bits per heavy atom. The van der Waals surface area contributed by atoms with Gasteiger partial charge in [-0.1, -0.05) is 41.0 Å². The molecule has 0 saturated heterocycles. The van der Waals surface area contributed by atoms with Crippen LogP contribution >= 0.6 is 11.6 Å². The van der Waals surface area contributed by atoms with E-state index >= 15 is 0 Å². The Kier molecular flexibility index (Phi) is 17.4. The van der Waals surface area contributed by atoms with Crippen molar-refractivity contribution in [3.05, 3.63) is 105 Å². The molecule has 2 aromatic heterocycles. The molecule has 1 amide bonds. The maximum atomic E-state index is 13.2. The van der Waals surface area contributed by atoms with Gasteiger partial charge in [0.25, 0.3) is 0 Å². The van der Waals surface area contributed by atoms with Crippen molar-refractivity contribution in [1.82, 2.24) is 30.0 Å². The van der Waals surface area contributed by atoms with E-state index in [-0.39, 0.29) is 30.4 Å². The molecule has 19 heteroatoms. The lowest BCUT2D eigenvalue weighted by Crippen LogP contribution is -2.29. The summed E-state index contributed by atoms with van der Waals surface area (Å²) < 4.78 is 69.2. The molecule has 0 aliphatic carbocycles. The largest absolute Gasteiger partial charge is 0.497 e. The van der Waals surface area contributed by atoms with Crippen LogP contribution in [0, 0.1) is 27.7 Å². The molecular weight excluding hydrogens is 854 g/mol. The number of hydrogen-bond acceptors (Lipinski definition) is 14. The number of methoxy groups -OCH3 is 1. The highest BCUT2D eigenvalue weighted by molar-refractivity contribution is 7.89. The SMILES string of the molecule is COc1ccc2c(c1)C(c1ccc(Cl)cc1)=N[C@@H](CC(=O)NCCOCCOCCOCCOCCOCCNS(=O)(=O)c1cc(-c3c(C)noc3C)ccc1C)c1nnc(C)n1-2. The molecule has 2 N–H and O–H groups in total. The van der Waals surface area contributed by atoms with E-state index in [9.17, 15) is 13.2 Å². The third-order valence-electron chi connectivity index (χ3n) is 10.0. The first-order valence-corrected chi connectivity index (χ1v) is 22.5. The first kappa shape index (κ1) is 47.4. The zero-order chi connectivity index (χ0) is 44.8. The van der Waals surface area contributed by atoms with Crippen LogP contribution in [0.4, 0.5) is 0 Å². The summed E-state index contributed by atoms with van der Waals surface area (Å²) in [5, 5.41) is 16.3. The van der Waals surface area contributed by atoms with Gasteiger partial charge in [-0.25, -0.2) is 13.1 Å². The van der Waals surface area contributed by atoms with Crippen molar-refractivity contribution in [2.45, 2.75) is 45.1 Å². The quantitative estimate of drug-likeness (QED) is 0.0718. The van der Waals surface area contributed by atoms with Gasteiger partial charge in [0.2, 0.25) is 15.9 Å². The van der Waals surface area contributed by atoms with Crippen LogP contribution in [0.15, 0.2) is 75.1 Å². The molecule has 1 atom stereocenters. The summed E-state index contributed by atoms with van der Waals surface area (Å²) in [5.74, 6) is 2.34. The third-order valence-corrected chi connectivity index (χ3v) is 11.9. The molecule has 0 radical (unpaired) electrons. The molecule has 3 aromatic carbocycles. The first-order chi connectivity index (χ1) is 30.5. The number of carbonyl (C=O) groups is 1. The second kappa shape index (κ2) is 23.0. The summed E-state index contributed by atoms with van der Waals surface area (Å²) in [6.45, 7) is 11.1. The lowest BCUT2D eigenvalue weighted by atomic mass is 10.00. The van der Waals surface area contributed by atoms with Gasteiger partial charge in [-0.15, -0.1) is 10.2 Å². The fourth-order valence-electron chi connectivity index (χ4n) is 6.94. The standard InChI is InChI=1S/C44H54ClN7O10S/c1-29-6-7-34(42-30(2)51-62-31(42)3)26-40(29)63(54,55)47-15-17-58-19-21-60-23-25-61-24-22-59-20-18-57-16-14-46-41(53)28-38-44-50-49-32(4)52(44)39-13-12-36(56-5)27-37(39)43(48-38)33-8-10-35(45)11-9-33/h6-13,26-27,38,47H,14-25,28H2,1-5H3,(H,46,53)/t38-/m0/s1. The summed E-state index contributed by atoms with van der Waals surface area (Å²) >= 11 is 6.21. The van der Waals surface area contributed by atoms with Crippen LogP contribution in [0.2, 0.25) is 5.02 Å². The highest BCUT2D eigenvalue weighted by atomic mass is 35.5. The molecule has 5 aromatic rings. The Bertz CT molecular complexity index is 2420. The Hall–Kier alpha value is -5.05. The number of sulfonamides is 1. The number of hydrogen-bond donors (Lipinski definition) is 2. The minimum atomic E-state index is -3.75. The number of benzene rings is 3. The second-order valence-corrected chi connectivity index (χ2v) is 16.7. The maximum absolute atomic E-state index is 13.2. The van der Waals surface area contributed by atoms with E-state index in [0.29, 0.717) is 111 Å². The van der Waals surface area contributed by atoms with Crippen LogP contribution in [0.3, 0.4) is 0 Å². The Labute approximate surface area is 372 Å². The fraction of sp³-hybridized carbons (Fsp3) is 0.432. The minimum Gasteiger partial charge on any atom is -0.497 e. The number of halogens is 1. The second-order valence-electron chi connectivity index (χ2n) is 14.5. The number of amides is 1. The van der Waals surface area contributed by atoms with Gasteiger partial charge < -0.3 is 38.3 Å². The number of nitrogens with zero attached hydrogens (tertiary/aromatic N) is 5. The van der Waals surface area contributed by atoms with Gasteiger partial charge in [-0.2, -0.15) is 0 Å². The molecule has 0 fully saturated rings. The van der Waals surface area contributed by atoms with Gasteiger partial charge in [-0.05, 0) is 75.2 Å². The average Bonchev–Trinajstić information content (AvgIpc) is 3.78. The Morgan fingerprint density at radius 1 is 0.778 bits per heavy atom. The van der Waals surface area contributed by atoms with Gasteiger partial charge in [-0.3, -0.25) is 14.4 Å². The summed E-state index contributed by atoms with van der Waals surface area (Å²) in [5.41, 5.74) is 6.03. The third kappa shape index (κ3) is 12.8. The monoisotopic (exact) mass is 907 g/mol. The average molecular weight is 908 g/mol. The molecule has 6 rings (SSSR count). The van der Waals surface area contributed by atoms with Gasteiger partial charge in [0.05, 0.1) is 102 Å². The molecule has 17 nitrogen and oxygen atoms in total. The number of aromatic nitrogens is 4. The molecule has 0 spiro atoms. The van der Waals surface area contributed by atoms with E-state index in [0.717, 1.165) is 27.9 Å². The number of fused-ring (bicyclic) bond motifs is 3. The number of carbonyl (C=O) groups excluding carboxylic acids is 1. The molecule has 0 bridgehead atoms. The lowest BCUT2D eigenvalue weighted by Gasteiger charge is -2.14. The van der Waals surface area contributed by atoms with Gasteiger partial charge in [0.15, 0.2) is 5.82 Å². The van der Waals surface area contributed by atoms with Crippen molar-refractivity contribution in [2.75, 3.05) is 86.3 Å². The lowest BCUT2D eigenvalue weighted by molar-refractivity contribution is -0.121. The topological polar surface area (TPSA) is 200 Å². The maximum Gasteiger partial charge on any atom is 0.240 e. The van der Waals surface area contributed by atoms with Crippen LogP contribution < -0.4 is 14.8 Å². The van der Waals surface area contributed by atoms with Crippen molar-refractivity contribution in [2.24, 2.45) is 4.99 Å². The van der Waals surface area contributed by atoms with E-state index in [1.165, 1.54) is 0 Å². The summed E-state index contributed by atoms with van der Waals surface area (Å²) in [6, 6.07) is 17.8. The summed E-state index contributed by atoms with van der Waals surface area (Å²) in [4.78, 5) is 18.5. The highest BCUT2D eigenvalue weighted by Crippen LogP contribution is 2.35. The first-order valence-electron chi connectivity index (χ1n) is 20.6. The van der Waals surface area contributed by atoms with E-state index in [1.807, 2.05) is 66.9 Å². The molecule has 63 heavy (non-hydrogen) atoms. The van der Waals surface area contributed by atoms with E-state index in [2.05, 4.69) is 25.4 Å². The van der Waals surface area contributed by atoms with Crippen LogP contribution in [0.5, 0.6) is 5.75 Å². The smallest absolute Gasteiger partial charge is 0.240 e. The summed E-state index contributed by atoms with van der Waals surface area (Å²) in [7, 11) is -2.14. The van der Waals surface area contributed by atoms with Gasteiger partial charge in [0.1, 0.15) is 23.4 Å². The number of rotatable bonds is 25. The number of aliphatic imine (C=N–C) groups is 1. The van der Waals surface area contributed by atoms with Crippen molar-refractivity contribution in [3.63, 3.8) is 0 Å². The zero-order valence-electron chi connectivity index (χ0n) is 36.1. The van der Waals surface area contributed by atoms with E-state index < -0.39 is 16.1 Å². The highest BCUT2D eigenvalue weighted by Gasteiger charge is 2.30. The molecule has 1 aliphatic heterocycles. The normalized spacial score (nSPS) is 13.6. The molecular formula is C44H54ClN7O10S. The molecule has 0 saturated carbocycles. The van der Waals surface area contributed by atoms with Crippen molar-refractivity contribution in [1.29, 1.82) is 0 Å². The minimum absolute atomic E-state index is 0.0532. The van der Waals surface area contributed by atoms with Crippen LogP contribution in [-0.2, 0) is 38.5 Å². The molecule has 338 valence electrons. The molecule has 3 heterocycles.